The molecule has 0 aromatic heterocycles. The van der Waals surface area contributed by atoms with Gasteiger partial charge in [0.2, 0.25) is 0 Å². The molecule has 1 aliphatic rings. The third-order valence-electron chi connectivity index (χ3n) is 4.67. The number of ketones is 1. The molecule has 0 N–H and O–H groups in total. The van der Waals surface area contributed by atoms with Crippen LogP contribution in [0.5, 0.6) is 0 Å². The number of esters is 1. The van der Waals surface area contributed by atoms with Crippen molar-refractivity contribution in [3.05, 3.63) is 35.9 Å². The molecule has 0 spiro atoms. The van der Waals surface area contributed by atoms with Gasteiger partial charge < -0.3 is 4.74 Å². The molecule has 1 aromatic carbocycles. The number of rotatable bonds is 10. The van der Waals surface area contributed by atoms with Crippen molar-refractivity contribution in [1.82, 2.24) is 4.90 Å². The summed E-state index contributed by atoms with van der Waals surface area (Å²) in [7, 11) is 0. The quantitative estimate of drug-likeness (QED) is 0.615. The lowest BCUT2D eigenvalue weighted by Gasteiger charge is -2.36. The van der Waals surface area contributed by atoms with Gasteiger partial charge in [-0.05, 0) is 52.1 Å². The maximum atomic E-state index is 12.4. The summed E-state index contributed by atoms with van der Waals surface area (Å²) in [6.07, 6.45) is 3.50. The molecule has 2 rings (SSSR count). The molecule has 0 radical (unpaired) electrons. The van der Waals surface area contributed by atoms with Gasteiger partial charge in [0.15, 0.2) is 0 Å². The van der Waals surface area contributed by atoms with Crippen LogP contribution >= 0.6 is 0 Å². The Labute approximate surface area is 145 Å². The van der Waals surface area contributed by atoms with E-state index < -0.39 is 5.54 Å². The second-order valence-corrected chi connectivity index (χ2v) is 7.03. The van der Waals surface area contributed by atoms with Crippen LogP contribution in [0.1, 0.15) is 52.0 Å². The van der Waals surface area contributed by atoms with Crippen LogP contribution in [0.15, 0.2) is 30.3 Å². The van der Waals surface area contributed by atoms with Crippen LogP contribution in [0.3, 0.4) is 0 Å². The number of ether oxygens (including phenoxy) is 1. The molecule has 4 nitrogen and oxygen atoms in total. The molecule has 0 atom stereocenters. The van der Waals surface area contributed by atoms with Crippen LogP contribution < -0.4 is 0 Å². The van der Waals surface area contributed by atoms with Crippen LogP contribution in [0.25, 0.3) is 0 Å². The average Bonchev–Trinajstić information content (AvgIpc) is 3.40. The highest BCUT2D eigenvalue weighted by atomic mass is 16.5. The molecular formula is C20H29NO3. The standard InChI is InChI=1S/C20H29NO3/c1-4-24-19(23)20(2,3)21(15-16-9-6-5-7-10-16)14-8-11-18(22)17-12-13-17/h5-7,9-10,17H,4,8,11-15H2,1-3H3. The maximum Gasteiger partial charge on any atom is 0.325 e. The van der Waals surface area contributed by atoms with Crippen molar-refractivity contribution in [3.8, 4) is 0 Å². The van der Waals surface area contributed by atoms with E-state index >= 15 is 0 Å². The van der Waals surface area contributed by atoms with Gasteiger partial charge >= 0.3 is 5.97 Å². The van der Waals surface area contributed by atoms with Crippen molar-refractivity contribution >= 4 is 11.8 Å². The summed E-state index contributed by atoms with van der Waals surface area (Å²) >= 11 is 0. The molecule has 24 heavy (non-hydrogen) atoms. The second kappa shape index (κ2) is 8.43. The first-order valence-corrected chi connectivity index (χ1v) is 8.94. The maximum absolute atomic E-state index is 12.4. The minimum Gasteiger partial charge on any atom is -0.465 e. The molecule has 0 saturated heterocycles. The van der Waals surface area contributed by atoms with Gasteiger partial charge in [-0.15, -0.1) is 0 Å². The third-order valence-corrected chi connectivity index (χ3v) is 4.67. The number of benzene rings is 1. The predicted molar refractivity (Wildman–Crippen MR) is 94.5 cm³/mol. The summed E-state index contributed by atoms with van der Waals surface area (Å²) < 4.78 is 5.25. The van der Waals surface area contributed by atoms with Gasteiger partial charge in [-0.3, -0.25) is 14.5 Å². The fraction of sp³-hybridized carbons (Fsp3) is 0.600. The van der Waals surface area contributed by atoms with E-state index in [-0.39, 0.29) is 5.97 Å². The van der Waals surface area contributed by atoms with Crippen molar-refractivity contribution in [2.45, 2.75) is 58.5 Å². The summed E-state index contributed by atoms with van der Waals surface area (Å²) in [4.78, 5) is 26.4. The van der Waals surface area contributed by atoms with Crippen molar-refractivity contribution in [2.75, 3.05) is 13.2 Å². The Morgan fingerprint density at radius 2 is 1.88 bits per heavy atom. The highest BCUT2D eigenvalue weighted by molar-refractivity contribution is 5.83. The third kappa shape index (κ3) is 5.17. The van der Waals surface area contributed by atoms with Crippen molar-refractivity contribution < 1.29 is 14.3 Å². The fourth-order valence-corrected chi connectivity index (χ4v) is 2.85. The Kier molecular flexibility index (Phi) is 6.55. The SMILES string of the molecule is CCOC(=O)C(C)(C)N(CCCC(=O)C1CC1)Cc1ccccc1. The van der Waals surface area contributed by atoms with Crippen LogP contribution in [0.4, 0.5) is 0 Å². The predicted octanol–water partition coefficient (Wildman–Crippen LogP) is 3.59. The number of hydrogen-bond acceptors (Lipinski definition) is 4. The van der Waals surface area contributed by atoms with Crippen molar-refractivity contribution in [3.63, 3.8) is 0 Å². The minimum atomic E-state index is -0.714. The van der Waals surface area contributed by atoms with E-state index in [9.17, 15) is 9.59 Å². The molecule has 0 unspecified atom stereocenters. The fourth-order valence-electron chi connectivity index (χ4n) is 2.85. The molecule has 4 heteroatoms. The first-order chi connectivity index (χ1) is 11.4. The van der Waals surface area contributed by atoms with Gasteiger partial charge in [-0.25, -0.2) is 0 Å². The Hall–Kier alpha value is -1.68. The highest BCUT2D eigenvalue weighted by Gasteiger charge is 2.36. The summed E-state index contributed by atoms with van der Waals surface area (Å²) in [5.41, 5.74) is 0.442. The van der Waals surface area contributed by atoms with Crippen LogP contribution in [0, 0.1) is 5.92 Å². The molecule has 0 bridgehead atoms. The van der Waals surface area contributed by atoms with Gasteiger partial charge in [0.1, 0.15) is 11.3 Å². The second-order valence-electron chi connectivity index (χ2n) is 7.03. The molecule has 1 fully saturated rings. The normalized spacial score (nSPS) is 14.7. The van der Waals surface area contributed by atoms with Gasteiger partial charge in [0, 0.05) is 18.9 Å². The molecule has 132 valence electrons. The minimum absolute atomic E-state index is 0.213. The summed E-state index contributed by atoms with van der Waals surface area (Å²) in [5, 5.41) is 0. The molecular weight excluding hydrogens is 302 g/mol. The smallest absolute Gasteiger partial charge is 0.325 e. The van der Waals surface area contributed by atoms with Gasteiger partial charge in [0.25, 0.3) is 0 Å². The van der Waals surface area contributed by atoms with Crippen molar-refractivity contribution in [2.24, 2.45) is 5.92 Å². The van der Waals surface area contributed by atoms with Crippen LogP contribution in [-0.4, -0.2) is 35.3 Å². The number of nitrogens with zero attached hydrogens (tertiary/aromatic N) is 1. The highest BCUT2D eigenvalue weighted by Crippen LogP contribution is 2.31. The lowest BCUT2D eigenvalue weighted by atomic mass is 10.0. The summed E-state index contributed by atoms with van der Waals surface area (Å²) in [6.45, 7) is 7.38. The Balaban J connectivity index is 2.01. The topological polar surface area (TPSA) is 46.6 Å². The van der Waals surface area contributed by atoms with Gasteiger partial charge in [-0.1, -0.05) is 30.3 Å². The first-order valence-electron chi connectivity index (χ1n) is 8.94. The first kappa shape index (κ1) is 18.7. The lowest BCUT2D eigenvalue weighted by Crippen LogP contribution is -2.51. The van der Waals surface area contributed by atoms with E-state index in [1.54, 1.807) is 0 Å². The van der Waals surface area contributed by atoms with Crippen LogP contribution in [-0.2, 0) is 20.9 Å². The Bertz CT molecular complexity index is 549. The van der Waals surface area contributed by atoms with Crippen LogP contribution in [0.2, 0.25) is 0 Å². The Morgan fingerprint density at radius 1 is 1.21 bits per heavy atom. The van der Waals surface area contributed by atoms with E-state index in [2.05, 4.69) is 17.0 Å². The number of Topliss-reactive ketones (excluding diaryl/α,β-unsaturated/α-hetero) is 1. The van der Waals surface area contributed by atoms with E-state index in [1.807, 2.05) is 39.0 Å². The monoisotopic (exact) mass is 331 g/mol. The summed E-state index contributed by atoms with van der Waals surface area (Å²) in [5.74, 6) is 0.476. The molecule has 0 amide bonds. The van der Waals surface area contributed by atoms with Gasteiger partial charge in [-0.2, -0.15) is 0 Å². The molecule has 0 heterocycles. The number of hydrogen-bond donors (Lipinski definition) is 0. The largest absolute Gasteiger partial charge is 0.465 e. The zero-order valence-electron chi connectivity index (χ0n) is 15.1. The Morgan fingerprint density at radius 3 is 2.46 bits per heavy atom. The van der Waals surface area contributed by atoms with Gasteiger partial charge in [0.05, 0.1) is 6.61 Å². The van der Waals surface area contributed by atoms with E-state index in [1.165, 1.54) is 0 Å². The van der Waals surface area contributed by atoms with E-state index in [0.29, 0.717) is 37.8 Å². The zero-order valence-corrected chi connectivity index (χ0v) is 15.1. The average molecular weight is 331 g/mol. The number of carbonyl (C=O) groups is 2. The van der Waals surface area contributed by atoms with Crippen molar-refractivity contribution in [1.29, 1.82) is 0 Å². The zero-order chi connectivity index (χ0) is 17.6. The molecule has 1 aromatic rings. The van der Waals surface area contributed by atoms with E-state index in [4.69, 9.17) is 4.74 Å². The molecule has 1 saturated carbocycles. The molecule has 1 aliphatic carbocycles. The number of carbonyl (C=O) groups excluding carboxylic acids is 2. The molecule has 0 aliphatic heterocycles. The van der Waals surface area contributed by atoms with E-state index in [0.717, 1.165) is 24.8 Å². The summed E-state index contributed by atoms with van der Waals surface area (Å²) in [6, 6.07) is 10.1. The lowest BCUT2D eigenvalue weighted by molar-refractivity contribution is -0.156.